The van der Waals surface area contributed by atoms with Crippen LogP contribution in [0.4, 0.5) is 5.69 Å². The second-order valence-corrected chi connectivity index (χ2v) is 4.53. The van der Waals surface area contributed by atoms with Crippen molar-refractivity contribution in [3.8, 4) is 11.5 Å². The smallest absolute Gasteiger partial charge is 0.124 e. The molecule has 0 saturated carbocycles. The van der Waals surface area contributed by atoms with Gasteiger partial charge in [0, 0.05) is 36.6 Å². The van der Waals surface area contributed by atoms with E-state index >= 15 is 0 Å². The molecule has 1 aromatic carbocycles. The van der Waals surface area contributed by atoms with Crippen molar-refractivity contribution >= 4 is 5.69 Å². The standard InChI is InChI=1S/C15H21N3O2/c1-4-6-18-7-5-12(17-18)11-16-13-8-14(19-2)10-15(9-13)20-3/h5,7-10,16H,4,6,11H2,1-3H3. The summed E-state index contributed by atoms with van der Waals surface area (Å²) in [6, 6.07) is 7.75. The molecule has 0 amide bonds. The van der Waals surface area contributed by atoms with Gasteiger partial charge < -0.3 is 14.8 Å². The molecule has 1 heterocycles. The summed E-state index contributed by atoms with van der Waals surface area (Å²) in [5, 5.41) is 7.82. The highest BCUT2D eigenvalue weighted by Crippen LogP contribution is 2.25. The molecule has 0 saturated heterocycles. The maximum absolute atomic E-state index is 5.25. The molecule has 0 bridgehead atoms. The van der Waals surface area contributed by atoms with Crippen LogP contribution in [0.25, 0.3) is 0 Å². The third kappa shape index (κ3) is 3.66. The van der Waals surface area contributed by atoms with Crippen LogP contribution in [-0.4, -0.2) is 24.0 Å². The summed E-state index contributed by atoms with van der Waals surface area (Å²) in [6.45, 7) is 3.77. The molecule has 1 aromatic heterocycles. The molecule has 2 aromatic rings. The van der Waals surface area contributed by atoms with Gasteiger partial charge in [-0.3, -0.25) is 4.68 Å². The first kappa shape index (κ1) is 14.2. The highest BCUT2D eigenvalue weighted by molar-refractivity contribution is 5.53. The Labute approximate surface area is 119 Å². The van der Waals surface area contributed by atoms with Crippen molar-refractivity contribution in [3.05, 3.63) is 36.2 Å². The van der Waals surface area contributed by atoms with Gasteiger partial charge in [0.05, 0.1) is 26.5 Å². The van der Waals surface area contributed by atoms with E-state index < -0.39 is 0 Å². The molecule has 0 unspecified atom stereocenters. The van der Waals surface area contributed by atoms with Crippen LogP contribution in [0.15, 0.2) is 30.5 Å². The fraction of sp³-hybridized carbons (Fsp3) is 0.400. The number of nitrogens with zero attached hydrogens (tertiary/aromatic N) is 2. The molecule has 0 atom stereocenters. The van der Waals surface area contributed by atoms with Crippen molar-refractivity contribution in [2.45, 2.75) is 26.4 Å². The minimum absolute atomic E-state index is 0.674. The van der Waals surface area contributed by atoms with Crippen LogP contribution >= 0.6 is 0 Å². The number of hydrogen-bond donors (Lipinski definition) is 1. The lowest BCUT2D eigenvalue weighted by atomic mass is 10.2. The topological polar surface area (TPSA) is 48.3 Å². The molecule has 0 aliphatic carbocycles. The van der Waals surface area contributed by atoms with Crippen LogP contribution in [-0.2, 0) is 13.1 Å². The quantitative estimate of drug-likeness (QED) is 0.844. The Morgan fingerprint density at radius 1 is 1.15 bits per heavy atom. The van der Waals surface area contributed by atoms with E-state index in [-0.39, 0.29) is 0 Å². The molecular weight excluding hydrogens is 254 g/mol. The predicted octanol–water partition coefficient (Wildman–Crippen LogP) is 2.92. The number of ether oxygens (including phenoxy) is 2. The number of benzene rings is 1. The van der Waals surface area contributed by atoms with E-state index in [0.717, 1.165) is 35.8 Å². The van der Waals surface area contributed by atoms with Crippen molar-refractivity contribution in [2.75, 3.05) is 19.5 Å². The van der Waals surface area contributed by atoms with Gasteiger partial charge in [0.1, 0.15) is 11.5 Å². The summed E-state index contributed by atoms with van der Waals surface area (Å²) in [4.78, 5) is 0. The van der Waals surface area contributed by atoms with Crippen LogP contribution in [0.2, 0.25) is 0 Å². The molecule has 0 aliphatic rings. The van der Waals surface area contributed by atoms with Gasteiger partial charge in [-0.25, -0.2) is 0 Å². The summed E-state index contributed by atoms with van der Waals surface area (Å²) in [7, 11) is 3.29. The lowest BCUT2D eigenvalue weighted by molar-refractivity contribution is 0.394. The molecule has 2 rings (SSSR count). The molecule has 108 valence electrons. The van der Waals surface area contributed by atoms with E-state index in [4.69, 9.17) is 9.47 Å². The number of aryl methyl sites for hydroxylation is 1. The summed E-state index contributed by atoms with van der Waals surface area (Å²) >= 11 is 0. The Morgan fingerprint density at radius 2 is 1.85 bits per heavy atom. The molecule has 0 radical (unpaired) electrons. The molecule has 0 aliphatic heterocycles. The van der Waals surface area contributed by atoms with Gasteiger partial charge in [-0.1, -0.05) is 6.92 Å². The normalized spacial score (nSPS) is 10.3. The average molecular weight is 275 g/mol. The van der Waals surface area contributed by atoms with E-state index in [1.165, 1.54) is 0 Å². The first-order valence-electron chi connectivity index (χ1n) is 6.74. The van der Waals surface area contributed by atoms with Gasteiger partial charge >= 0.3 is 0 Å². The summed E-state index contributed by atoms with van der Waals surface area (Å²) < 4.78 is 12.5. The molecule has 5 heteroatoms. The SMILES string of the molecule is CCCn1ccc(CNc2cc(OC)cc(OC)c2)n1. The summed E-state index contributed by atoms with van der Waals surface area (Å²) in [5.74, 6) is 1.53. The Kier molecular flexibility index (Phi) is 4.87. The Morgan fingerprint density at radius 3 is 2.45 bits per heavy atom. The predicted molar refractivity (Wildman–Crippen MR) is 79.4 cm³/mol. The highest BCUT2D eigenvalue weighted by Gasteiger charge is 2.03. The molecule has 5 nitrogen and oxygen atoms in total. The zero-order valence-corrected chi connectivity index (χ0v) is 12.2. The monoisotopic (exact) mass is 275 g/mol. The largest absolute Gasteiger partial charge is 0.497 e. The lowest BCUT2D eigenvalue weighted by Gasteiger charge is -2.09. The van der Waals surface area contributed by atoms with Crippen molar-refractivity contribution < 1.29 is 9.47 Å². The summed E-state index contributed by atoms with van der Waals surface area (Å²) in [5.41, 5.74) is 1.96. The number of hydrogen-bond acceptors (Lipinski definition) is 4. The molecule has 0 spiro atoms. The second-order valence-electron chi connectivity index (χ2n) is 4.53. The zero-order chi connectivity index (χ0) is 14.4. The minimum Gasteiger partial charge on any atom is -0.497 e. The first-order chi connectivity index (χ1) is 9.75. The van der Waals surface area contributed by atoms with Gasteiger partial charge in [0.2, 0.25) is 0 Å². The molecule has 20 heavy (non-hydrogen) atoms. The summed E-state index contributed by atoms with van der Waals surface area (Å²) in [6.07, 6.45) is 3.09. The highest BCUT2D eigenvalue weighted by atomic mass is 16.5. The molecular formula is C15H21N3O2. The van der Waals surface area contributed by atoms with Gasteiger partial charge in [-0.15, -0.1) is 0 Å². The first-order valence-corrected chi connectivity index (χ1v) is 6.74. The molecule has 1 N–H and O–H groups in total. The average Bonchev–Trinajstić information content (AvgIpc) is 2.93. The lowest BCUT2D eigenvalue weighted by Crippen LogP contribution is -2.03. The van der Waals surface area contributed by atoms with Crippen molar-refractivity contribution in [3.63, 3.8) is 0 Å². The number of aromatic nitrogens is 2. The second kappa shape index (κ2) is 6.84. The molecule has 0 fully saturated rings. The zero-order valence-electron chi connectivity index (χ0n) is 12.2. The van der Waals surface area contributed by atoms with E-state index in [2.05, 4.69) is 17.3 Å². The van der Waals surface area contributed by atoms with E-state index in [1.807, 2.05) is 35.1 Å². The van der Waals surface area contributed by atoms with Gasteiger partial charge in [0.15, 0.2) is 0 Å². The Bertz CT molecular complexity index is 530. The minimum atomic E-state index is 0.674. The van der Waals surface area contributed by atoms with E-state index in [0.29, 0.717) is 6.54 Å². The van der Waals surface area contributed by atoms with Gasteiger partial charge in [-0.05, 0) is 12.5 Å². The fourth-order valence-corrected chi connectivity index (χ4v) is 1.95. The van der Waals surface area contributed by atoms with Crippen LogP contribution in [0.3, 0.4) is 0 Å². The Hall–Kier alpha value is -2.17. The van der Waals surface area contributed by atoms with Crippen LogP contribution in [0.5, 0.6) is 11.5 Å². The maximum Gasteiger partial charge on any atom is 0.124 e. The van der Waals surface area contributed by atoms with Crippen molar-refractivity contribution in [1.82, 2.24) is 9.78 Å². The van der Waals surface area contributed by atoms with Crippen LogP contribution in [0, 0.1) is 0 Å². The maximum atomic E-state index is 5.25. The van der Waals surface area contributed by atoms with Crippen molar-refractivity contribution in [1.29, 1.82) is 0 Å². The number of rotatable bonds is 7. The van der Waals surface area contributed by atoms with Crippen molar-refractivity contribution in [2.24, 2.45) is 0 Å². The number of methoxy groups -OCH3 is 2. The number of anilines is 1. The Balaban J connectivity index is 2.02. The van der Waals surface area contributed by atoms with Crippen LogP contribution < -0.4 is 14.8 Å². The van der Waals surface area contributed by atoms with Crippen LogP contribution in [0.1, 0.15) is 19.0 Å². The van der Waals surface area contributed by atoms with Gasteiger partial charge in [-0.2, -0.15) is 5.10 Å². The van der Waals surface area contributed by atoms with E-state index in [1.54, 1.807) is 14.2 Å². The third-order valence-electron chi connectivity index (χ3n) is 2.97. The third-order valence-corrected chi connectivity index (χ3v) is 2.97. The van der Waals surface area contributed by atoms with E-state index in [9.17, 15) is 0 Å². The number of nitrogens with one attached hydrogen (secondary N) is 1. The van der Waals surface area contributed by atoms with Gasteiger partial charge in [0.25, 0.3) is 0 Å². The fourth-order valence-electron chi connectivity index (χ4n) is 1.95.